The number of alkyl halides is 1. The number of methoxy groups -OCH3 is 1. The van der Waals surface area contributed by atoms with Crippen LogP contribution >= 0.6 is 11.6 Å². The Morgan fingerprint density at radius 1 is 1.13 bits per heavy atom. The third-order valence-electron chi connectivity index (χ3n) is 2.66. The molecule has 0 aliphatic carbocycles. The Hall–Kier alpha value is 0.210. The second kappa shape index (κ2) is 8.37. The van der Waals surface area contributed by atoms with Gasteiger partial charge in [-0.1, -0.05) is 20.8 Å². The van der Waals surface area contributed by atoms with E-state index in [0.717, 1.165) is 32.7 Å². The van der Waals surface area contributed by atoms with Crippen LogP contribution in [0, 0.1) is 11.3 Å². The molecule has 2 nitrogen and oxygen atoms in total. The van der Waals surface area contributed by atoms with Crippen molar-refractivity contribution in [2.24, 2.45) is 11.3 Å². The lowest BCUT2D eigenvalue weighted by atomic mass is 9.80. The molecule has 0 radical (unpaired) electrons. The van der Waals surface area contributed by atoms with Gasteiger partial charge in [0.1, 0.15) is 0 Å². The van der Waals surface area contributed by atoms with Crippen LogP contribution in [0.3, 0.4) is 0 Å². The maximum absolute atomic E-state index is 5.94. The van der Waals surface area contributed by atoms with Crippen LogP contribution in [0.1, 0.15) is 33.6 Å². The van der Waals surface area contributed by atoms with Crippen LogP contribution in [0.2, 0.25) is 0 Å². The molecule has 0 aliphatic heterocycles. The lowest BCUT2D eigenvalue weighted by molar-refractivity contribution is 0.0833. The Balaban J connectivity index is 3.48. The van der Waals surface area contributed by atoms with Crippen molar-refractivity contribution in [3.8, 4) is 0 Å². The van der Waals surface area contributed by atoms with E-state index in [2.05, 4.69) is 20.8 Å². The summed E-state index contributed by atoms with van der Waals surface area (Å²) in [5, 5.41) is 0. The first kappa shape index (κ1) is 15.2. The van der Waals surface area contributed by atoms with E-state index < -0.39 is 0 Å². The largest absolute Gasteiger partial charge is 0.385 e. The summed E-state index contributed by atoms with van der Waals surface area (Å²) in [7, 11) is 1.71. The van der Waals surface area contributed by atoms with E-state index in [9.17, 15) is 0 Å². The molecule has 0 amide bonds. The highest BCUT2D eigenvalue weighted by molar-refractivity contribution is 6.18. The van der Waals surface area contributed by atoms with Crippen molar-refractivity contribution in [3.63, 3.8) is 0 Å². The van der Waals surface area contributed by atoms with Crippen molar-refractivity contribution >= 4 is 11.6 Å². The van der Waals surface area contributed by atoms with E-state index in [1.165, 1.54) is 0 Å². The maximum Gasteiger partial charge on any atom is 0.0487 e. The average Bonchev–Trinajstić information content (AvgIpc) is 2.15. The number of halogens is 1. The molecule has 0 aliphatic rings. The summed E-state index contributed by atoms with van der Waals surface area (Å²) in [5.74, 6) is 1.24. The number of rotatable bonds is 8. The summed E-state index contributed by atoms with van der Waals surface area (Å²) in [6.45, 7) is 9.05. The summed E-state index contributed by atoms with van der Waals surface area (Å²) in [6, 6.07) is 0. The molecule has 0 spiro atoms. The van der Waals surface area contributed by atoms with Crippen LogP contribution in [-0.4, -0.2) is 32.8 Å². The molecule has 3 heteroatoms. The third-order valence-corrected chi connectivity index (χ3v) is 3.03. The minimum Gasteiger partial charge on any atom is -0.385 e. The summed E-state index contributed by atoms with van der Waals surface area (Å²) < 4.78 is 10.5. The summed E-state index contributed by atoms with van der Waals surface area (Å²) in [5.41, 5.74) is 0.275. The molecule has 0 aromatic rings. The number of hydrogen-bond acceptors (Lipinski definition) is 2. The van der Waals surface area contributed by atoms with Crippen molar-refractivity contribution in [2.75, 3.05) is 32.8 Å². The normalized spacial score (nSPS) is 14.2. The highest BCUT2D eigenvalue weighted by Gasteiger charge is 2.23. The average molecular weight is 237 g/mol. The van der Waals surface area contributed by atoms with Gasteiger partial charge in [-0.3, -0.25) is 0 Å². The predicted octanol–water partition coefficient (Wildman–Crippen LogP) is 3.33. The minimum absolute atomic E-state index is 0.275. The molecule has 0 fully saturated rings. The van der Waals surface area contributed by atoms with Gasteiger partial charge < -0.3 is 9.47 Å². The molecule has 1 atom stereocenters. The van der Waals surface area contributed by atoms with Gasteiger partial charge >= 0.3 is 0 Å². The third kappa shape index (κ3) is 8.06. The van der Waals surface area contributed by atoms with Crippen molar-refractivity contribution in [2.45, 2.75) is 33.6 Å². The summed E-state index contributed by atoms with van der Waals surface area (Å²) in [6.07, 6.45) is 2.01. The zero-order valence-electron chi connectivity index (χ0n) is 10.5. The Morgan fingerprint density at radius 3 is 2.27 bits per heavy atom. The second-order valence-corrected chi connectivity index (χ2v) is 5.27. The monoisotopic (exact) mass is 236 g/mol. The summed E-state index contributed by atoms with van der Waals surface area (Å²) >= 11 is 5.94. The maximum atomic E-state index is 5.94. The van der Waals surface area contributed by atoms with Gasteiger partial charge in [-0.2, -0.15) is 0 Å². The first-order valence-corrected chi connectivity index (χ1v) is 6.18. The van der Waals surface area contributed by atoms with Gasteiger partial charge in [-0.15, -0.1) is 11.6 Å². The Kier molecular flexibility index (Phi) is 8.49. The van der Waals surface area contributed by atoms with Gasteiger partial charge in [0.25, 0.3) is 0 Å². The standard InChI is InChI=1S/C12H25ClO2/c1-12(2,3)11(10-13)6-9-15-8-5-7-14-4/h11H,5-10H2,1-4H3. The van der Waals surface area contributed by atoms with E-state index in [4.69, 9.17) is 21.1 Å². The van der Waals surface area contributed by atoms with Gasteiger partial charge in [-0.05, 0) is 24.2 Å². The van der Waals surface area contributed by atoms with E-state index >= 15 is 0 Å². The zero-order valence-corrected chi connectivity index (χ0v) is 11.3. The quantitative estimate of drug-likeness (QED) is 0.476. The van der Waals surface area contributed by atoms with Crippen LogP contribution in [0.15, 0.2) is 0 Å². The molecule has 0 bridgehead atoms. The topological polar surface area (TPSA) is 18.5 Å². The Morgan fingerprint density at radius 2 is 1.80 bits per heavy atom. The molecule has 1 unspecified atom stereocenters. The van der Waals surface area contributed by atoms with E-state index in [1.807, 2.05) is 0 Å². The SMILES string of the molecule is COCCCOCCC(CCl)C(C)(C)C. The van der Waals surface area contributed by atoms with E-state index in [1.54, 1.807) is 7.11 Å². The van der Waals surface area contributed by atoms with Gasteiger partial charge in [-0.25, -0.2) is 0 Å². The molecular formula is C12H25ClO2. The molecule has 92 valence electrons. The van der Waals surface area contributed by atoms with Crippen molar-refractivity contribution < 1.29 is 9.47 Å². The smallest absolute Gasteiger partial charge is 0.0487 e. The van der Waals surface area contributed by atoms with Crippen molar-refractivity contribution in [1.82, 2.24) is 0 Å². The fourth-order valence-corrected chi connectivity index (χ4v) is 1.99. The number of hydrogen-bond donors (Lipinski definition) is 0. The molecule has 0 saturated heterocycles. The highest BCUT2D eigenvalue weighted by atomic mass is 35.5. The predicted molar refractivity (Wildman–Crippen MR) is 65.6 cm³/mol. The van der Waals surface area contributed by atoms with Gasteiger partial charge in [0.05, 0.1) is 0 Å². The minimum atomic E-state index is 0.275. The highest BCUT2D eigenvalue weighted by Crippen LogP contribution is 2.29. The molecule has 15 heavy (non-hydrogen) atoms. The van der Waals surface area contributed by atoms with Gasteiger partial charge in [0.15, 0.2) is 0 Å². The van der Waals surface area contributed by atoms with Gasteiger partial charge in [0.2, 0.25) is 0 Å². The lowest BCUT2D eigenvalue weighted by Crippen LogP contribution is -2.23. The van der Waals surface area contributed by atoms with Crippen LogP contribution in [0.5, 0.6) is 0 Å². The molecular weight excluding hydrogens is 212 g/mol. The zero-order chi connectivity index (χ0) is 11.7. The molecule has 0 saturated carbocycles. The fraction of sp³-hybridized carbons (Fsp3) is 1.00. The summed E-state index contributed by atoms with van der Waals surface area (Å²) in [4.78, 5) is 0. The molecule has 0 N–H and O–H groups in total. The van der Waals surface area contributed by atoms with Crippen molar-refractivity contribution in [3.05, 3.63) is 0 Å². The molecule has 0 aromatic carbocycles. The van der Waals surface area contributed by atoms with Crippen LogP contribution in [-0.2, 0) is 9.47 Å². The van der Waals surface area contributed by atoms with Crippen LogP contribution in [0.25, 0.3) is 0 Å². The van der Waals surface area contributed by atoms with Crippen LogP contribution in [0.4, 0.5) is 0 Å². The molecule has 0 heterocycles. The van der Waals surface area contributed by atoms with E-state index in [0.29, 0.717) is 11.8 Å². The van der Waals surface area contributed by atoms with Gasteiger partial charge in [0, 0.05) is 32.8 Å². The van der Waals surface area contributed by atoms with E-state index in [-0.39, 0.29) is 5.41 Å². The second-order valence-electron chi connectivity index (χ2n) is 4.96. The van der Waals surface area contributed by atoms with Crippen LogP contribution < -0.4 is 0 Å². The Labute approximate surface area is 99.3 Å². The first-order valence-electron chi connectivity index (χ1n) is 5.65. The fourth-order valence-electron chi connectivity index (χ4n) is 1.37. The molecule has 0 rings (SSSR count). The lowest BCUT2D eigenvalue weighted by Gasteiger charge is -2.28. The van der Waals surface area contributed by atoms with Crippen molar-refractivity contribution in [1.29, 1.82) is 0 Å². The Bertz CT molecular complexity index is 143. The number of ether oxygens (including phenoxy) is 2. The molecule has 0 aromatic heterocycles. The first-order chi connectivity index (χ1) is 7.02.